The van der Waals surface area contributed by atoms with Crippen molar-refractivity contribution < 1.29 is 28.6 Å². The van der Waals surface area contributed by atoms with E-state index in [1.165, 1.54) is 205 Å². The van der Waals surface area contributed by atoms with Crippen LogP contribution < -0.4 is 0 Å². The van der Waals surface area contributed by atoms with E-state index in [4.69, 9.17) is 14.2 Å². The van der Waals surface area contributed by atoms with Gasteiger partial charge in [0, 0.05) is 19.3 Å². The van der Waals surface area contributed by atoms with Crippen LogP contribution in [0.5, 0.6) is 0 Å². The quantitative estimate of drug-likeness (QED) is 0.0261. The minimum atomic E-state index is -0.800. The van der Waals surface area contributed by atoms with Crippen LogP contribution in [0.3, 0.4) is 0 Å². The van der Waals surface area contributed by atoms with Crippen molar-refractivity contribution in [2.75, 3.05) is 13.2 Å². The molecule has 0 rings (SSSR count). The van der Waals surface area contributed by atoms with E-state index < -0.39 is 6.10 Å². The maximum Gasteiger partial charge on any atom is 0.306 e. The average molecular weight is 1020 g/mol. The first-order valence-electron chi connectivity index (χ1n) is 31.4. The Morgan fingerprint density at radius 2 is 0.507 bits per heavy atom. The summed E-state index contributed by atoms with van der Waals surface area (Å²) in [5.41, 5.74) is 0. The van der Waals surface area contributed by atoms with Gasteiger partial charge in [0.2, 0.25) is 0 Å². The van der Waals surface area contributed by atoms with Crippen molar-refractivity contribution in [2.24, 2.45) is 0 Å². The van der Waals surface area contributed by atoms with Gasteiger partial charge in [-0.25, -0.2) is 0 Å². The molecule has 422 valence electrons. The van der Waals surface area contributed by atoms with Gasteiger partial charge in [-0.05, 0) is 109 Å². The summed E-state index contributed by atoms with van der Waals surface area (Å²) in [7, 11) is 0. The highest BCUT2D eigenvalue weighted by Crippen LogP contribution is 2.16. The van der Waals surface area contributed by atoms with E-state index in [2.05, 4.69) is 93.7 Å². The Bertz CT molecular complexity index is 1360. The van der Waals surface area contributed by atoms with Gasteiger partial charge in [-0.3, -0.25) is 14.4 Å². The molecule has 0 radical (unpaired) electrons. The Hall–Kier alpha value is -3.15. The van der Waals surface area contributed by atoms with Crippen molar-refractivity contribution in [2.45, 2.75) is 322 Å². The summed E-state index contributed by atoms with van der Waals surface area (Å²) in [4.78, 5) is 38.3. The lowest BCUT2D eigenvalue weighted by Crippen LogP contribution is -2.30. The lowest BCUT2D eigenvalue weighted by molar-refractivity contribution is -0.167. The summed E-state index contributed by atoms with van der Waals surface area (Å²) >= 11 is 0. The van der Waals surface area contributed by atoms with Crippen LogP contribution >= 0.6 is 0 Å². The maximum absolute atomic E-state index is 12.9. The molecular formula is C67H118O6. The predicted molar refractivity (Wildman–Crippen MR) is 316 cm³/mol. The fourth-order valence-electron chi connectivity index (χ4n) is 8.90. The van der Waals surface area contributed by atoms with Gasteiger partial charge in [0.05, 0.1) is 0 Å². The second-order valence-electron chi connectivity index (χ2n) is 21.0. The number of hydrogen-bond acceptors (Lipinski definition) is 6. The summed E-state index contributed by atoms with van der Waals surface area (Å²) in [6, 6.07) is 0. The highest BCUT2D eigenvalue weighted by atomic mass is 16.6. The average Bonchev–Trinajstić information content (AvgIpc) is 3.39. The van der Waals surface area contributed by atoms with Crippen LogP contribution in [0.2, 0.25) is 0 Å². The van der Waals surface area contributed by atoms with Crippen LogP contribution in [0, 0.1) is 0 Å². The second-order valence-corrected chi connectivity index (χ2v) is 21.0. The van der Waals surface area contributed by atoms with Crippen molar-refractivity contribution >= 4 is 17.9 Å². The van der Waals surface area contributed by atoms with Gasteiger partial charge in [0.1, 0.15) is 13.2 Å². The molecule has 0 unspecified atom stereocenters. The molecule has 0 saturated heterocycles. The minimum absolute atomic E-state index is 0.0934. The monoisotopic (exact) mass is 1020 g/mol. The number of unbranched alkanes of at least 4 members (excludes halogenated alkanes) is 34. The van der Waals surface area contributed by atoms with Gasteiger partial charge in [0.15, 0.2) is 6.10 Å². The van der Waals surface area contributed by atoms with E-state index in [0.717, 1.165) is 64.2 Å². The fraction of sp³-hybridized carbons (Fsp3) is 0.776. The Morgan fingerprint density at radius 1 is 0.274 bits per heavy atom. The zero-order chi connectivity index (χ0) is 52.9. The summed E-state index contributed by atoms with van der Waals surface area (Å²) in [5.74, 6) is -0.944. The Morgan fingerprint density at radius 3 is 0.863 bits per heavy atom. The molecule has 0 spiro atoms. The van der Waals surface area contributed by atoms with Crippen LogP contribution in [-0.2, 0) is 28.6 Å². The molecule has 0 N–H and O–H groups in total. The van der Waals surface area contributed by atoms with Gasteiger partial charge in [-0.2, -0.15) is 0 Å². The molecule has 0 heterocycles. The third kappa shape index (κ3) is 59.6. The molecule has 0 aliphatic carbocycles. The predicted octanol–water partition coefficient (Wildman–Crippen LogP) is 21.3. The van der Waals surface area contributed by atoms with Crippen LogP contribution in [0.25, 0.3) is 0 Å². The molecular weight excluding hydrogens is 901 g/mol. The first-order valence-corrected chi connectivity index (χ1v) is 31.4. The fourth-order valence-corrected chi connectivity index (χ4v) is 8.90. The zero-order valence-electron chi connectivity index (χ0n) is 48.4. The number of rotatable bonds is 57. The first-order chi connectivity index (χ1) is 36.0. The zero-order valence-corrected chi connectivity index (χ0v) is 48.4. The number of hydrogen-bond donors (Lipinski definition) is 0. The molecule has 73 heavy (non-hydrogen) atoms. The largest absolute Gasteiger partial charge is 0.462 e. The third-order valence-corrected chi connectivity index (χ3v) is 13.7. The molecule has 0 saturated carbocycles. The smallest absolute Gasteiger partial charge is 0.306 e. The third-order valence-electron chi connectivity index (χ3n) is 13.7. The summed E-state index contributed by atoms with van der Waals surface area (Å²) in [6.45, 7) is 6.59. The van der Waals surface area contributed by atoms with E-state index in [1.807, 2.05) is 0 Å². The lowest BCUT2D eigenvalue weighted by atomic mass is 10.0. The minimum Gasteiger partial charge on any atom is -0.462 e. The topological polar surface area (TPSA) is 78.9 Å². The van der Waals surface area contributed by atoms with E-state index in [1.54, 1.807) is 0 Å². The molecule has 0 amide bonds. The molecule has 0 bridgehead atoms. The van der Waals surface area contributed by atoms with Crippen molar-refractivity contribution in [3.63, 3.8) is 0 Å². The molecule has 0 aromatic heterocycles. The van der Waals surface area contributed by atoms with Crippen molar-refractivity contribution in [3.8, 4) is 0 Å². The van der Waals surface area contributed by atoms with Gasteiger partial charge >= 0.3 is 17.9 Å². The number of carbonyl (C=O) groups is 3. The maximum atomic E-state index is 12.9. The lowest BCUT2D eigenvalue weighted by Gasteiger charge is -2.18. The van der Waals surface area contributed by atoms with Gasteiger partial charge < -0.3 is 14.2 Å². The molecule has 0 aromatic carbocycles. The van der Waals surface area contributed by atoms with Crippen molar-refractivity contribution in [1.82, 2.24) is 0 Å². The number of carbonyl (C=O) groups excluding carboxylic acids is 3. The molecule has 0 fully saturated rings. The second kappa shape index (κ2) is 61.4. The van der Waals surface area contributed by atoms with E-state index in [-0.39, 0.29) is 37.5 Å². The van der Waals surface area contributed by atoms with Crippen LogP contribution in [-0.4, -0.2) is 37.2 Å². The summed E-state index contributed by atoms with van der Waals surface area (Å²) < 4.78 is 16.9. The standard InChI is InChI=1S/C67H118O6/c1-4-7-10-13-16-19-22-25-28-31-32-33-34-37-40-43-46-49-52-55-58-61-67(70)73-64(62-71-65(68)59-56-53-50-47-44-41-38-35-29-26-23-20-17-14-11-8-5-2)63-72-66(69)60-57-54-51-48-45-42-39-36-30-27-24-21-18-15-12-9-6-3/h17,20,25-30,38,41,47,50,64H,4-16,18-19,21-24,31-37,39-40,42-46,48-49,51-63H2,1-3H3/b20-17-,28-25-,29-26-,30-27-,41-38-,50-47-/t64-/m1/s1. The molecule has 0 aromatic rings. The Kier molecular flexibility index (Phi) is 58.7. The molecule has 6 nitrogen and oxygen atoms in total. The van der Waals surface area contributed by atoms with Crippen LogP contribution in [0.1, 0.15) is 316 Å². The van der Waals surface area contributed by atoms with Crippen LogP contribution in [0.4, 0.5) is 0 Å². The Labute approximate surface area is 453 Å². The summed E-state index contributed by atoms with van der Waals surface area (Å²) in [5, 5.41) is 0. The highest BCUT2D eigenvalue weighted by Gasteiger charge is 2.19. The number of ether oxygens (including phenoxy) is 3. The number of allylic oxidation sites excluding steroid dienone is 12. The Balaban J connectivity index is 4.43. The first kappa shape index (κ1) is 69.8. The van der Waals surface area contributed by atoms with Crippen LogP contribution in [0.15, 0.2) is 72.9 Å². The molecule has 6 heteroatoms. The summed E-state index contributed by atoms with van der Waals surface area (Å²) in [6.07, 6.45) is 79.0. The molecule has 0 aliphatic rings. The number of esters is 3. The van der Waals surface area contributed by atoms with Crippen molar-refractivity contribution in [1.29, 1.82) is 0 Å². The van der Waals surface area contributed by atoms with E-state index >= 15 is 0 Å². The van der Waals surface area contributed by atoms with Crippen molar-refractivity contribution in [3.05, 3.63) is 72.9 Å². The van der Waals surface area contributed by atoms with Gasteiger partial charge in [-0.1, -0.05) is 261 Å². The molecule has 0 aliphatic heterocycles. The van der Waals surface area contributed by atoms with E-state index in [9.17, 15) is 14.4 Å². The van der Waals surface area contributed by atoms with E-state index in [0.29, 0.717) is 19.3 Å². The SMILES string of the molecule is CCCCC/C=C\C/C=C\C/C=C\C/C=C\CCCC(=O)OC[C@H](COC(=O)CCCCCCCCC/C=C\CCCCCCCC)OC(=O)CCCCCCCCCCCCC/C=C\CCCCCCCC. The highest BCUT2D eigenvalue weighted by molar-refractivity contribution is 5.71. The normalized spacial score (nSPS) is 12.5. The molecule has 1 atom stereocenters. The van der Waals surface area contributed by atoms with Gasteiger partial charge in [0.25, 0.3) is 0 Å². The van der Waals surface area contributed by atoms with Gasteiger partial charge in [-0.15, -0.1) is 0 Å².